The molecular formula is C22H29N3O. The van der Waals surface area contributed by atoms with Gasteiger partial charge in [-0.05, 0) is 62.7 Å². The van der Waals surface area contributed by atoms with E-state index in [0.717, 1.165) is 55.1 Å². The molecule has 0 saturated carbocycles. The lowest BCUT2D eigenvalue weighted by Crippen LogP contribution is -2.46. The summed E-state index contributed by atoms with van der Waals surface area (Å²) in [6.07, 6.45) is 0. The monoisotopic (exact) mass is 351 g/mol. The number of anilines is 2. The average molecular weight is 351 g/mol. The fourth-order valence-corrected chi connectivity index (χ4v) is 3.57. The van der Waals surface area contributed by atoms with Crippen LogP contribution in [-0.2, 0) is 0 Å². The number of rotatable bonds is 4. The number of likely N-dealkylation sites (N-methyl/N-ethyl adjacent to an activating group) is 1. The van der Waals surface area contributed by atoms with Gasteiger partial charge in [0.1, 0.15) is 0 Å². The molecule has 1 amide bonds. The van der Waals surface area contributed by atoms with Crippen LogP contribution in [0.1, 0.15) is 34.0 Å². The van der Waals surface area contributed by atoms with E-state index in [-0.39, 0.29) is 5.91 Å². The Morgan fingerprint density at radius 3 is 2.35 bits per heavy atom. The van der Waals surface area contributed by atoms with E-state index in [2.05, 4.69) is 41.1 Å². The van der Waals surface area contributed by atoms with Crippen molar-refractivity contribution < 1.29 is 4.79 Å². The summed E-state index contributed by atoms with van der Waals surface area (Å²) in [4.78, 5) is 17.5. The first-order chi connectivity index (χ1) is 12.5. The maximum Gasteiger partial charge on any atom is 0.255 e. The van der Waals surface area contributed by atoms with Gasteiger partial charge in [0.15, 0.2) is 0 Å². The average Bonchev–Trinajstić information content (AvgIpc) is 2.64. The molecule has 26 heavy (non-hydrogen) atoms. The molecule has 4 heteroatoms. The third kappa shape index (κ3) is 4.07. The molecule has 0 unspecified atom stereocenters. The van der Waals surface area contributed by atoms with Crippen molar-refractivity contribution in [1.82, 2.24) is 4.90 Å². The fourth-order valence-electron chi connectivity index (χ4n) is 3.57. The maximum absolute atomic E-state index is 12.6. The third-order valence-corrected chi connectivity index (χ3v) is 5.25. The molecule has 1 aliphatic heterocycles. The van der Waals surface area contributed by atoms with Crippen molar-refractivity contribution in [3.8, 4) is 0 Å². The van der Waals surface area contributed by atoms with Crippen LogP contribution in [0, 0.1) is 20.8 Å². The van der Waals surface area contributed by atoms with E-state index < -0.39 is 0 Å². The number of hydrogen-bond acceptors (Lipinski definition) is 3. The molecule has 1 saturated heterocycles. The molecule has 0 spiro atoms. The smallest absolute Gasteiger partial charge is 0.255 e. The summed E-state index contributed by atoms with van der Waals surface area (Å²) in [5, 5.41) is 3.05. The highest BCUT2D eigenvalue weighted by molar-refractivity contribution is 6.05. The molecule has 0 aromatic heterocycles. The zero-order valence-electron chi connectivity index (χ0n) is 16.3. The van der Waals surface area contributed by atoms with Crippen LogP contribution in [0.3, 0.4) is 0 Å². The first-order valence-electron chi connectivity index (χ1n) is 9.44. The lowest BCUT2D eigenvalue weighted by molar-refractivity contribution is 0.102. The van der Waals surface area contributed by atoms with Gasteiger partial charge < -0.3 is 15.1 Å². The molecule has 2 aromatic carbocycles. The van der Waals surface area contributed by atoms with Gasteiger partial charge in [0, 0.05) is 43.1 Å². The van der Waals surface area contributed by atoms with Crippen molar-refractivity contribution >= 4 is 17.3 Å². The molecule has 0 bridgehead atoms. The molecule has 0 radical (unpaired) electrons. The van der Waals surface area contributed by atoms with Gasteiger partial charge in [0.05, 0.1) is 0 Å². The van der Waals surface area contributed by atoms with E-state index in [1.165, 1.54) is 11.3 Å². The van der Waals surface area contributed by atoms with Crippen LogP contribution in [0.25, 0.3) is 0 Å². The second-order valence-electron chi connectivity index (χ2n) is 7.20. The molecule has 0 atom stereocenters. The first-order valence-corrected chi connectivity index (χ1v) is 9.44. The largest absolute Gasteiger partial charge is 0.369 e. The molecule has 3 rings (SSSR count). The van der Waals surface area contributed by atoms with Crippen LogP contribution in [0.15, 0.2) is 36.4 Å². The number of amides is 1. The molecule has 1 heterocycles. The predicted octanol–water partition coefficient (Wildman–Crippen LogP) is 4.01. The summed E-state index contributed by atoms with van der Waals surface area (Å²) >= 11 is 0. The summed E-state index contributed by atoms with van der Waals surface area (Å²) in [6.45, 7) is 13.8. The quantitative estimate of drug-likeness (QED) is 0.904. The van der Waals surface area contributed by atoms with Gasteiger partial charge in [-0.15, -0.1) is 0 Å². The SMILES string of the molecule is CCN1CCN(c2ccc(NC(=O)c3cc(C)ccc3C)cc2C)CC1. The van der Waals surface area contributed by atoms with Crippen LogP contribution in [0.4, 0.5) is 11.4 Å². The number of hydrogen-bond donors (Lipinski definition) is 1. The van der Waals surface area contributed by atoms with Crippen LogP contribution >= 0.6 is 0 Å². The van der Waals surface area contributed by atoms with Crippen LogP contribution < -0.4 is 10.2 Å². The van der Waals surface area contributed by atoms with Crippen molar-refractivity contribution in [2.24, 2.45) is 0 Å². The molecule has 1 fully saturated rings. The van der Waals surface area contributed by atoms with Gasteiger partial charge in [0.25, 0.3) is 5.91 Å². The minimum Gasteiger partial charge on any atom is -0.369 e. The number of piperazine rings is 1. The molecular weight excluding hydrogens is 322 g/mol. The molecule has 1 N–H and O–H groups in total. The van der Waals surface area contributed by atoms with Crippen LogP contribution in [-0.4, -0.2) is 43.5 Å². The Hall–Kier alpha value is -2.33. The Morgan fingerprint density at radius 2 is 1.69 bits per heavy atom. The molecule has 0 aliphatic carbocycles. The summed E-state index contributed by atoms with van der Waals surface area (Å²) < 4.78 is 0. The minimum absolute atomic E-state index is 0.0464. The fraction of sp³-hybridized carbons (Fsp3) is 0.409. The van der Waals surface area contributed by atoms with Crippen molar-refractivity contribution in [2.45, 2.75) is 27.7 Å². The third-order valence-electron chi connectivity index (χ3n) is 5.25. The Kier molecular flexibility index (Phi) is 5.62. The Balaban J connectivity index is 1.71. The molecule has 2 aromatic rings. The maximum atomic E-state index is 12.6. The zero-order valence-corrected chi connectivity index (χ0v) is 16.3. The van der Waals surface area contributed by atoms with Gasteiger partial charge in [-0.1, -0.05) is 24.6 Å². The topological polar surface area (TPSA) is 35.6 Å². The number of nitrogens with one attached hydrogen (secondary N) is 1. The van der Waals surface area contributed by atoms with E-state index in [1.807, 2.05) is 38.1 Å². The summed E-state index contributed by atoms with van der Waals surface area (Å²) in [6, 6.07) is 12.2. The van der Waals surface area contributed by atoms with Gasteiger partial charge in [-0.3, -0.25) is 4.79 Å². The van der Waals surface area contributed by atoms with Crippen LogP contribution in [0.2, 0.25) is 0 Å². The number of carbonyl (C=O) groups excluding carboxylic acids is 1. The zero-order chi connectivity index (χ0) is 18.7. The van der Waals surface area contributed by atoms with E-state index in [4.69, 9.17) is 0 Å². The lowest BCUT2D eigenvalue weighted by Gasteiger charge is -2.36. The van der Waals surface area contributed by atoms with E-state index >= 15 is 0 Å². The molecule has 138 valence electrons. The minimum atomic E-state index is -0.0464. The molecule has 1 aliphatic rings. The second-order valence-corrected chi connectivity index (χ2v) is 7.20. The summed E-state index contributed by atoms with van der Waals surface area (Å²) in [7, 11) is 0. The van der Waals surface area contributed by atoms with Crippen molar-refractivity contribution in [1.29, 1.82) is 0 Å². The normalized spacial score (nSPS) is 15.2. The number of aryl methyl sites for hydroxylation is 3. The Bertz CT molecular complexity index is 792. The highest BCUT2D eigenvalue weighted by atomic mass is 16.1. The van der Waals surface area contributed by atoms with Gasteiger partial charge in [-0.2, -0.15) is 0 Å². The summed E-state index contributed by atoms with van der Waals surface area (Å²) in [5.74, 6) is -0.0464. The Labute approximate surface area is 156 Å². The van der Waals surface area contributed by atoms with E-state index in [1.54, 1.807) is 0 Å². The number of benzene rings is 2. The van der Waals surface area contributed by atoms with Crippen LogP contribution in [0.5, 0.6) is 0 Å². The lowest BCUT2D eigenvalue weighted by atomic mass is 10.0. The Morgan fingerprint density at radius 1 is 0.962 bits per heavy atom. The van der Waals surface area contributed by atoms with E-state index in [0.29, 0.717) is 0 Å². The number of carbonyl (C=O) groups is 1. The first kappa shape index (κ1) is 18.5. The highest BCUT2D eigenvalue weighted by Crippen LogP contribution is 2.25. The molecule has 4 nitrogen and oxygen atoms in total. The van der Waals surface area contributed by atoms with Gasteiger partial charge in [-0.25, -0.2) is 0 Å². The number of nitrogens with zero attached hydrogens (tertiary/aromatic N) is 2. The van der Waals surface area contributed by atoms with Gasteiger partial charge in [0.2, 0.25) is 0 Å². The highest BCUT2D eigenvalue weighted by Gasteiger charge is 2.17. The van der Waals surface area contributed by atoms with Crippen molar-refractivity contribution in [2.75, 3.05) is 42.9 Å². The second kappa shape index (κ2) is 7.92. The predicted molar refractivity (Wildman–Crippen MR) is 109 cm³/mol. The van der Waals surface area contributed by atoms with Crippen molar-refractivity contribution in [3.63, 3.8) is 0 Å². The van der Waals surface area contributed by atoms with Crippen molar-refractivity contribution in [3.05, 3.63) is 58.7 Å². The van der Waals surface area contributed by atoms with Gasteiger partial charge >= 0.3 is 0 Å². The summed E-state index contributed by atoms with van der Waals surface area (Å²) in [5.41, 5.74) is 6.15. The van der Waals surface area contributed by atoms with E-state index in [9.17, 15) is 4.79 Å². The standard InChI is InChI=1S/C22H29N3O/c1-5-24-10-12-25(13-11-24)21-9-8-19(15-18(21)4)23-22(26)20-14-16(2)6-7-17(20)3/h6-9,14-15H,5,10-13H2,1-4H3,(H,23,26).